The molecule has 0 aliphatic carbocycles. The third-order valence-electron chi connectivity index (χ3n) is 4.08. The van der Waals surface area contributed by atoms with Crippen LogP contribution in [0.4, 0.5) is 0 Å². The summed E-state index contributed by atoms with van der Waals surface area (Å²) in [6, 6.07) is 0. The van der Waals surface area contributed by atoms with Crippen molar-refractivity contribution in [1.29, 1.82) is 0 Å². The van der Waals surface area contributed by atoms with Gasteiger partial charge in [-0.3, -0.25) is 4.79 Å². The number of thiazole rings is 1. The van der Waals surface area contributed by atoms with Crippen LogP contribution in [0.3, 0.4) is 0 Å². The van der Waals surface area contributed by atoms with Crippen LogP contribution in [0.1, 0.15) is 28.3 Å². The molecule has 1 aromatic heterocycles. The van der Waals surface area contributed by atoms with Crippen molar-refractivity contribution in [2.45, 2.75) is 19.4 Å². The van der Waals surface area contributed by atoms with Gasteiger partial charge >= 0.3 is 0 Å². The highest BCUT2D eigenvalue weighted by atomic mass is 32.1. The lowest BCUT2D eigenvalue weighted by molar-refractivity contribution is 0.0930. The van der Waals surface area contributed by atoms with Crippen LogP contribution < -0.4 is 11.1 Å². The van der Waals surface area contributed by atoms with Crippen molar-refractivity contribution in [2.24, 2.45) is 11.7 Å². The van der Waals surface area contributed by atoms with Crippen molar-refractivity contribution in [3.63, 3.8) is 0 Å². The maximum absolute atomic E-state index is 12.0. The van der Waals surface area contributed by atoms with Crippen molar-refractivity contribution >= 4 is 17.2 Å². The second-order valence-electron chi connectivity index (χ2n) is 6.13. The molecular formula is C15H27N5OS. The molecule has 0 unspecified atom stereocenters. The molecule has 0 aromatic carbocycles. The molecule has 3 N–H and O–H groups in total. The van der Waals surface area contributed by atoms with Gasteiger partial charge in [-0.25, -0.2) is 4.98 Å². The lowest BCUT2D eigenvalue weighted by atomic mass is 9.97. The van der Waals surface area contributed by atoms with Crippen LogP contribution in [-0.2, 0) is 6.54 Å². The standard InChI is InChI=1S/C15H27N5OS/c1-19(2)7-8-20-5-3-12(4-6-20)10-17-15(21)13-11-22-14(9-16)18-13/h11-12H,3-10,16H2,1-2H3,(H,17,21). The van der Waals surface area contributed by atoms with Gasteiger partial charge in [-0.15, -0.1) is 11.3 Å². The molecule has 2 heterocycles. The van der Waals surface area contributed by atoms with Gasteiger partial charge in [-0.2, -0.15) is 0 Å². The molecule has 1 aliphatic heterocycles. The Bertz CT molecular complexity index is 468. The number of hydrogen-bond donors (Lipinski definition) is 2. The molecule has 0 radical (unpaired) electrons. The van der Waals surface area contributed by atoms with E-state index in [0.29, 0.717) is 18.2 Å². The maximum atomic E-state index is 12.0. The third kappa shape index (κ3) is 5.31. The fourth-order valence-electron chi connectivity index (χ4n) is 2.59. The molecular weight excluding hydrogens is 298 g/mol. The van der Waals surface area contributed by atoms with E-state index in [4.69, 9.17) is 5.73 Å². The third-order valence-corrected chi connectivity index (χ3v) is 4.95. The summed E-state index contributed by atoms with van der Waals surface area (Å²) in [7, 11) is 4.22. The van der Waals surface area contributed by atoms with Gasteiger partial charge in [-0.1, -0.05) is 0 Å². The van der Waals surface area contributed by atoms with Crippen LogP contribution in [0.15, 0.2) is 5.38 Å². The van der Waals surface area contributed by atoms with Gasteiger partial charge in [0.25, 0.3) is 5.91 Å². The van der Waals surface area contributed by atoms with E-state index in [1.165, 1.54) is 11.3 Å². The van der Waals surface area contributed by atoms with E-state index in [1.807, 2.05) is 0 Å². The fourth-order valence-corrected chi connectivity index (χ4v) is 3.25. The number of rotatable bonds is 7. The Kier molecular flexibility index (Phi) is 6.75. The first-order chi connectivity index (χ1) is 10.6. The number of carbonyl (C=O) groups is 1. The van der Waals surface area contributed by atoms with E-state index < -0.39 is 0 Å². The molecule has 1 aromatic rings. The lowest BCUT2D eigenvalue weighted by Crippen LogP contribution is -2.41. The number of nitrogens with zero attached hydrogens (tertiary/aromatic N) is 3. The molecule has 1 fully saturated rings. The molecule has 22 heavy (non-hydrogen) atoms. The zero-order chi connectivity index (χ0) is 15.9. The minimum atomic E-state index is -0.0778. The second kappa shape index (κ2) is 8.57. The summed E-state index contributed by atoms with van der Waals surface area (Å²) in [5.74, 6) is 0.498. The monoisotopic (exact) mass is 325 g/mol. The second-order valence-corrected chi connectivity index (χ2v) is 7.07. The number of amides is 1. The summed E-state index contributed by atoms with van der Waals surface area (Å²) in [6.45, 7) is 5.63. The lowest BCUT2D eigenvalue weighted by Gasteiger charge is -2.32. The fraction of sp³-hybridized carbons (Fsp3) is 0.733. The molecule has 124 valence electrons. The zero-order valence-electron chi connectivity index (χ0n) is 13.5. The highest BCUT2D eigenvalue weighted by Gasteiger charge is 2.20. The average molecular weight is 325 g/mol. The minimum absolute atomic E-state index is 0.0778. The number of hydrogen-bond acceptors (Lipinski definition) is 6. The highest BCUT2D eigenvalue weighted by molar-refractivity contribution is 7.09. The normalized spacial score (nSPS) is 17.1. The smallest absolute Gasteiger partial charge is 0.270 e. The largest absolute Gasteiger partial charge is 0.350 e. The Morgan fingerprint density at radius 2 is 2.23 bits per heavy atom. The number of likely N-dealkylation sites (N-methyl/N-ethyl adjacent to an activating group) is 1. The van der Waals surface area contributed by atoms with E-state index in [1.54, 1.807) is 5.38 Å². The summed E-state index contributed by atoms with van der Waals surface area (Å²) >= 11 is 1.44. The molecule has 1 amide bonds. The molecule has 0 bridgehead atoms. The molecule has 0 spiro atoms. The summed E-state index contributed by atoms with van der Waals surface area (Å²) in [6.07, 6.45) is 2.30. The van der Waals surface area contributed by atoms with E-state index >= 15 is 0 Å². The Morgan fingerprint density at radius 3 is 2.82 bits per heavy atom. The maximum Gasteiger partial charge on any atom is 0.270 e. The van der Waals surface area contributed by atoms with Crippen molar-refractivity contribution in [3.05, 3.63) is 16.1 Å². The SMILES string of the molecule is CN(C)CCN1CCC(CNC(=O)c2csc(CN)n2)CC1. The van der Waals surface area contributed by atoms with Crippen molar-refractivity contribution in [2.75, 3.05) is 46.8 Å². The van der Waals surface area contributed by atoms with Crippen molar-refractivity contribution in [3.8, 4) is 0 Å². The number of nitrogens with one attached hydrogen (secondary N) is 1. The number of aromatic nitrogens is 1. The van der Waals surface area contributed by atoms with Gasteiger partial charge < -0.3 is 20.9 Å². The van der Waals surface area contributed by atoms with Crippen LogP contribution in [0.5, 0.6) is 0 Å². The quantitative estimate of drug-likeness (QED) is 0.768. The molecule has 7 heteroatoms. The van der Waals surface area contributed by atoms with Gasteiger partial charge in [0.15, 0.2) is 0 Å². The first kappa shape index (κ1) is 17.3. The van der Waals surface area contributed by atoms with Crippen molar-refractivity contribution < 1.29 is 4.79 Å². The van der Waals surface area contributed by atoms with Crippen molar-refractivity contribution in [1.82, 2.24) is 20.1 Å². The van der Waals surface area contributed by atoms with E-state index in [0.717, 1.165) is 50.6 Å². The molecule has 0 saturated carbocycles. The Morgan fingerprint density at radius 1 is 1.50 bits per heavy atom. The first-order valence-electron chi connectivity index (χ1n) is 7.88. The van der Waals surface area contributed by atoms with Gasteiger partial charge in [0.2, 0.25) is 0 Å². The summed E-state index contributed by atoms with van der Waals surface area (Å²) in [5, 5.41) is 5.59. The highest BCUT2D eigenvalue weighted by Crippen LogP contribution is 2.16. The molecule has 0 atom stereocenters. The van der Waals surface area contributed by atoms with Crippen LogP contribution in [0.25, 0.3) is 0 Å². The predicted octanol–water partition coefficient (Wildman–Crippen LogP) is 0.605. The van der Waals surface area contributed by atoms with Gasteiger partial charge in [0.1, 0.15) is 10.7 Å². The Labute approximate surface area is 136 Å². The minimum Gasteiger partial charge on any atom is -0.350 e. The van der Waals surface area contributed by atoms with Gasteiger partial charge in [-0.05, 0) is 45.9 Å². The van der Waals surface area contributed by atoms with E-state index in [9.17, 15) is 4.79 Å². The van der Waals surface area contributed by atoms with E-state index in [2.05, 4.69) is 34.2 Å². The van der Waals surface area contributed by atoms with Crippen LogP contribution in [0, 0.1) is 5.92 Å². The number of piperidine rings is 1. The van der Waals surface area contributed by atoms with Gasteiger partial charge in [0, 0.05) is 31.6 Å². The number of likely N-dealkylation sites (tertiary alicyclic amines) is 1. The van der Waals surface area contributed by atoms with Crippen LogP contribution in [-0.4, -0.2) is 67.5 Å². The molecule has 1 aliphatic rings. The van der Waals surface area contributed by atoms with Gasteiger partial charge in [0.05, 0.1) is 0 Å². The predicted molar refractivity (Wildman–Crippen MR) is 90.1 cm³/mol. The summed E-state index contributed by atoms with van der Waals surface area (Å²) in [4.78, 5) is 21.0. The van der Waals surface area contributed by atoms with Crippen LogP contribution in [0.2, 0.25) is 0 Å². The summed E-state index contributed by atoms with van der Waals surface area (Å²) in [5.41, 5.74) is 6.01. The first-order valence-corrected chi connectivity index (χ1v) is 8.76. The molecule has 6 nitrogen and oxygen atoms in total. The topological polar surface area (TPSA) is 74.5 Å². The van der Waals surface area contributed by atoms with E-state index in [-0.39, 0.29) is 5.91 Å². The van der Waals surface area contributed by atoms with Crippen LogP contribution >= 0.6 is 11.3 Å². The zero-order valence-corrected chi connectivity index (χ0v) is 14.4. The summed E-state index contributed by atoms with van der Waals surface area (Å²) < 4.78 is 0. The Hall–Kier alpha value is -1.02. The molecule has 1 saturated heterocycles. The number of carbonyl (C=O) groups excluding carboxylic acids is 1. The average Bonchev–Trinajstić information content (AvgIpc) is 3.00. The molecule has 2 rings (SSSR count). The Balaban J connectivity index is 1.67. The number of nitrogens with two attached hydrogens (primary N) is 1.